The second-order valence-corrected chi connectivity index (χ2v) is 7.37. The molecule has 0 saturated heterocycles. The van der Waals surface area contributed by atoms with Crippen molar-refractivity contribution < 1.29 is 9.59 Å². The van der Waals surface area contributed by atoms with Crippen LogP contribution in [0.25, 0.3) is 0 Å². The predicted molar refractivity (Wildman–Crippen MR) is 75.0 cm³/mol. The number of carbonyl (C=O) groups excluding carboxylic acids is 2. The fourth-order valence-electron chi connectivity index (χ4n) is 6.26. The lowest BCUT2D eigenvalue weighted by Gasteiger charge is -2.45. The molecule has 5 rings (SSSR count). The van der Waals surface area contributed by atoms with Crippen LogP contribution in [-0.2, 0) is 9.59 Å². The molecular weight excluding hydrogens is 248 g/mol. The Balaban J connectivity index is 1.74. The van der Waals surface area contributed by atoms with Gasteiger partial charge in [0.1, 0.15) is 5.78 Å². The van der Waals surface area contributed by atoms with Gasteiger partial charge in [0, 0.05) is 17.3 Å². The third-order valence-electron chi connectivity index (χ3n) is 6.78. The Morgan fingerprint density at radius 2 is 1.70 bits per heavy atom. The van der Waals surface area contributed by atoms with Crippen molar-refractivity contribution in [3.8, 4) is 0 Å². The summed E-state index contributed by atoms with van der Waals surface area (Å²) in [5.74, 6) is 0.787. The van der Waals surface area contributed by atoms with E-state index in [0.717, 1.165) is 25.7 Å². The second-order valence-electron chi connectivity index (χ2n) is 7.37. The Kier molecular flexibility index (Phi) is 2.02. The zero-order chi connectivity index (χ0) is 13.5. The summed E-state index contributed by atoms with van der Waals surface area (Å²) in [5.41, 5.74) is 4.17. The third-order valence-corrected chi connectivity index (χ3v) is 6.78. The number of allylic oxidation sites excluding steroid dienone is 4. The van der Waals surface area contributed by atoms with Crippen molar-refractivity contribution in [2.24, 2.45) is 23.2 Å². The highest BCUT2D eigenvalue weighted by atomic mass is 16.1. The maximum Gasteiger partial charge on any atom is 0.160 e. The Bertz CT molecular complexity index is 609. The van der Waals surface area contributed by atoms with Crippen LogP contribution in [0.1, 0.15) is 51.4 Å². The molecule has 2 saturated carbocycles. The number of carbonyl (C=O) groups is 2. The third kappa shape index (κ3) is 1.03. The maximum absolute atomic E-state index is 12.9. The molecule has 2 bridgehead atoms. The quantitative estimate of drug-likeness (QED) is 0.631. The summed E-state index contributed by atoms with van der Waals surface area (Å²) >= 11 is 0. The number of ketones is 2. The molecule has 5 aliphatic rings. The average Bonchev–Trinajstić information content (AvgIpc) is 3.00. The van der Waals surface area contributed by atoms with Crippen LogP contribution in [-0.4, -0.2) is 11.6 Å². The monoisotopic (exact) mass is 268 g/mol. The Morgan fingerprint density at radius 3 is 2.55 bits per heavy atom. The molecule has 1 spiro atoms. The van der Waals surface area contributed by atoms with Crippen molar-refractivity contribution in [1.29, 1.82) is 0 Å². The Labute approximate surface area is 119 Å². The molecule has 0 amide bonds. The van der Waals surface area contributed by atoms with E-state index in [1.54, 1.807) is 0 Å². The average molecular weight is 268 g/mol. The summed E-state index contributed by atoms with van der Waals surface area (Å²) in [6.45, 7) is 0. The van der Waals surface area contributed by atoms with E-state index in [9.17, 15) is 9.59 Å². The lowest BCUT2D eigenvalue weighted by molar-refractivity contribution is -0.124. The van der Waals surface area contributed by atoms with Gasteiger partial charge < -0.3 is 0 Å². The molecule has 20 heavy (non-hydrogen) atoms. The van der Waals surface area contributed by atoms with Crippen LogP contribution in [0.4, 0.5) is 0 Å². The zero-order valence-corrected chi connectivity index (χ0v) is 11.8. The fourth-order valence-corrected chi connectivity index (χ4v) is 6.26. The molecule has 0 heterocycles. The molecular formula is C18H20O2. The summed E-state index contributed by atoms with van der Waals surface area (Å²) in [6, 6.07) is 0. The van der Waals surface area contributed by atoms with Gasteiger partial charge in [-0.05, 0) is 51.0 Å². The first kappa shape index (κ1) is 11.5. The van der Waals surface area contributed by atoms with Gasteiger partial charge >= 0.3 is 0 Å². The van der Waals surface area contributed by atoms with Crippen LogP contribution in [0, 0.1) is 23.2 Å². The number of rotatable bonds is 0. The van der Waals surface area contributed by atoms with Crippen LogP contribution in [0.3, 0.4) is 0 Å². The zero-order valence-electron chi connectivity index (χ0n) is 11.8. The highest BCUT2D eigenvalue weighted by Crippen LogP contribution is 2.70. The van der Waals surface area contributed by atoms with E-state index < -0.39 is 0 Å². The highest BCUT2D eigenvalue weighted by molar-refractivity contribution is 6.08. The Hall–Kier alpha value is -1.18. The standard InChI is InChI=1S/C18H20O2/c19-13-9-10-5-3-4-8-18(10)15-12-7-2-1-6-11(12)14(16(13)18)17(15)20/h9,14-16H,1-8H2/t14-,15-,16-,18+/m0/s1. The first-order valence-corrected chi connectivity index (χ1v) is 8.25. The van der Waals surface area contributed by atoms with Gasteiger partial charge in [-0.1, -0.05) is 23.1 Å². The second kappa shape index (κ2) is 3.52. The van der Waals surface area contributed by atoms with E-state index in [0.29, 0.717) is 5.78 Å². The van der Waals surface area contributed by atoms with E-state index >= 15 is 0 Å². The van der Waals surface area contributed by atoms with Gasteiger partial charge in [-0.3, -0.25) is 9.59 Å². The summed E-state index contributed by atoms with van der Waals surface area (Å²) in [5, 5.41) is 0. The van der Waals surface area contributed by atoms with E-state index in [4.69, 9.17) is 0 Å². The minimum absolute atomic E-state index is 0.00662. The van der Waals surface area contributed by atoms with E-state index in [-0.39, 0.29) is 29.0 Å². The normalized spacial score (nSPS) is 45.4. The van der Waals surface area contributed by atoms with E-state index in [1.807, 2.05) is 6.08 Å². The van der Waals surface area contributed by atoms with Crippen molar-refractivity contribution in [3.63, 3.8) is 0 Å². The van der Waals surface area contributed by atoms with Gasteiger partial charge in [-0.2, -0.15) is 0 Å². The molecule has 0 N–H and O–H groups in total. The summed E-state index contributed by atoms with van der Waals surface area (Å²) in [7, 11) is 0. The van der Waals surface area contributed by atoms with Crippen LogP contribution < -0.4 is 0 Å². The minimum atomic E-state index is -0.0484. The maximum atomic E-state index is 12.9. The van der Waals surface area contributed by atoms with Gasteiger partial charge in [0.25, 0.3) is 0 Å². The van der Waals surface area contributed by atoms with Gasteiger partial charge in [0.15, 0.2) is 5.78 Å². The van der Waals surface area contributed by atoms with Crippen LogP contribution >= 0.6 is 0 Å². The first-order valence-electron chi connectivity index (χ1n) is 8.25. The molecule has 2 fully saturated rings. The molecule has 0 radical (unpaired) electrons. The van der Waals surface area contributed by atoms with Crippen molar-refractivity contribution >= 4 is 11.6 Å². The summed E-state index contributed by atoms with van der Waals surface area (Å²) in [6.07, 6.45) is 11.1. The highest BCUT2D eigenvalue weighted by Gasteiger charge is 2.70. The van der Waals surface area contributed by atoms with Gasteiger partial charge in [0.05, 0.1) is 5.92 Å². The SMILES string of the molecule is O=C1[C@H]2C3=C(CCCC3)[C@@H]1[C@@]13CCCCC1=CC(=O)[C@@H]23. The van der Waals surface area contributed by atoms with Gasteiger partial charge in [-0.15, -0.1) is 0 Å². The molecule has 2 nitrogen and oxygen atoms in total. The largest absolute Gasteiger partial charge is 0.298 e. The molecule has 4 atom stereocenters. The Morgan fingerprint density at radius 1 is 0.950 bits per heavy atom. The van der Waals surface area contributed by atoms with Crippen molar-refractivity contribution in [3.05, 3.63) is 22.8 Å². The number of fused-ring (bicyclic) bond motifs is 5. The summed E-state index contributed by atoms with van der Waals surface area (Å²) in [4.78, 5) is 25.5. The molecule has 2 heteroatoms. The molecule has 0 aliphatic heterocycles. The van der Waals surface area contributed by atoms with Crippen molar-refractivity contribution in [1.82, 2.24) is 0 Å². The van der Waals surface area contributed by atoms with Gasteiger partial charge in [-0.25, -0.2) is 0 Å². The molecule has 5 aliphatic carbocycles. The van der Waals surface area contributed by atoms with Crippen LogP contribution in [0.2, 0.25) is 0 Å². The van der Waals surface area contributed by atoms with E-state index in [2.05, 4.69) is 0 Å². The topological polar surface area (TPSA) is 34.1 Å². The number of hydrogen-bond acceptors (Lipinski definition) is 2. The van der Waals surface area contributed by atoms with Gasteiger partial charge in [0.2, 0.25) is 0 Å². The molecule has 0 aromatic heterocycles. The number of Topliss-reactive ketones (excluding diaryl/α,β-unsaturated/α-hetero) is 1. The van der Waals surface area contributed by atoms with Crippen LogP contribution in [0.5, 0.6) is 0 Å². The molecule has 0 aromatic carbocycles. The molecule has 104 valence electrons. The predicted octanol–water partition coefficient (Wildman–Crippen LogP) is 3.37. The van der Waals surface area contributed by atoms with Crippen molar-refractivity contribution in [2.45, 2.75) is 51.4 Å². The minimum Gasteiger partial charge on any atom is -0.298 e. The molecule has 0 unspecified atom stereocenters. The van der Waals surface area contributed by atoms with E-state index in [1.165, 1.54) is 42.4 Å². The van der Waals surface area contributed by atoms with Crippen LogP contribution in [0.15, 0.2) is 22.8 Å². The summed E-state index contributed by atoms with van der Waals surface area (Å²) < 4.78 is 0. The fraction of sp³-hybridized carbons (Fsp3) is 0.667. The lowest BCUT2D eigenvalue weighted by atomic mass is 9.57. The lowest BCUT2D eigenvalue weighted by Crippen LogP contribution is -2.40. The molecule has 0 aromatic rings. The van der Waals surface area contributed by atoms with Crippen molar-refractivity contribution in [2.75, 3.05) is 0 Å². The smallest absolute Gasteiger partial charge is 0.160 e. The number of hydrogen-bond donors (Lipinski definition) is 0. The first-order chi connectivity index (χ1) is 9.75.